The molecule has 4 aromatic rings. The standard InChI is InChI=1S/C28H28N2O2/c1-5-19(3)21-11-13-22(14-12-21)29-17-25-23-8-6-7-9-24(23)27(31)30(28(25)32)26-15-10-18(2)16-20(26)4/h6-17,19,32H,5H2,1-4H3. The van der Waals surface area contributed by atoms with Gasteiger partial charge in [-0.2, -0.15) is 0 Å². The minimum atomic E-state index is -0.250. The van der Waals surface area contributed by atoms with Crippen molar-refractivity contribution in [2.24, 2.45) is 4.99 Å². The molecule has 1 unspecified atom stereocenters. The Morgan fingerprint density at radius 1 is 1.00 bits per heavy atom. The average Bonchev–Trinajstić information content (AvgIpc) is 2.80. The summed E-state index contributed by atoms with van der Waals surface area (Å²) in [6.45, 7) is 8.33. The Bertz CT molecular complexity index is 1370. The Hall–Kier alpha value is -3.66. The summed E-state index contributed by atoms with van der Waals surface area (Å²) in [5, 5.41) is 12.4. The lowest BCUT2D eigenvalue weighted by molar-refractivity contribution is 0.436. The lowest BCUT2D eigenvalue weighted by atomic mass is 9.99. The number of pyridine rings is 1. The van der Waals surface area contributed by atoms with Gasteiger partial charge in [0.05, 0.1) is 16.9 Å². The number of aromatic nitrogens is 1. The quantitative estimate of drug-likeness (QED) is 0.368. The van der Waals surface area contributed by atoms with Crippen LogP contribution < -0.4 is 5.56 Å². The molecule has 0 aliphatic rings. The maximum absolute atomic E-state index is 13.3. The van der Waals surface area contributed by atoms with Crippen LogP contribution in [-0.2, 0) is 0 Å². The smallest absolute Gasteiger partial charge is 0.265 e. The molecule has 162 valence electrons. The zero-order valence-corrected chi connectivity index (χ0v) is 19.0. The van der Waals surface area contributed by atoms with Crippen molar-refractivity contribution in [2.45, 2.75) is 40.0 Å². The highest BCUT2D eigenvalue weighted by molar-refractivity contribution is 6.02. The Morgan fingerprint density at radius 3 is 2.34 bits per heavy atom. The number of aliphatic imine (C=N–C) groups is 1. The zero-order valence-electron chi connectivity index (χ0n) is 19.0. The largest absolute Gasteiger partial charge is 0.494 e. The van der Waals surface area contributed by atoms with E-state index in [2.05, 4.69) is 31.0 Å². The van der Waals surface area contributed by atoms with Gasteiger partial charge in [-0.25, -0.2) is 4.57 Å². The van der Waals surface area contributed by atoms with E-state index in [1.807, 2.05) is 62.4 Å². The molecule has 1 atom stereocenters. The topological polar surface area (TPSA) is 54.6 Å². The third-order valence-corrected chi connectivity index (χ3v) is 6.11. The molecule has 0 saturated carbocycles. The summed E-state index contributed by atoms with van der Waals surface area (Å²) in [7, 11) is 0. The maximum atomic E-state index is 13.3. The molecular formula is C28H28N2O2. The Morgan fingerprint density at radius 2 is 1.69 bits per heavy atom. The first-order valence-corrected chi connectivity index (χ1v) is 11.0. The van der Waals surface area contributed by atoms with Crippen LogP contribution in [0.5, 0.6) is 5.88 Å². The van der Waals surface area contributed by atoms with Crippen LogP contribution in [0.1, 0.15) is 48.4 Å². The fourth-order valence-electron chi connectivity index (χ4n) is 4.03. The fourth-order valence-corrected chi connectivity index (χ4v) is 4.03. The Labute approximate surface area is 188 Å². The molecule has 0 aliphatic carbocycles. The molecule has 4 heteroatoms. The van der Waals surface area contributed by atoms with Gasteiger partial charge < -0.3 is 5.11 Å². The minimum absolute atomic E-state index is 0.111. The molecule has 0 bridgehead atoms. The van der Waals surface area contributed by atoms with Gasteiger partial charge in [0.1, 0.15) is 0 Å². The second kappa shape index (κ2) is 8.83. The van der Waals surface area contributed by atoms with E-state index in [0.29, 0.717) is 27.9 Å². The van der Waals surface area contributed by atoms with Gasteiger partial charge in [-0.1, -0.05) is 61.9 Å². The highest BCUT2D eigenvalue weighted by Gasteiger charge is 2.17. The van der Waals surface area contributed by atoms with Crippen molar-refractivity contribution >= 4 is 22.7 Å². The van der Waals surface area contributed by atoms with E-state index >= 15 is 0 Å². The second-order valence-electron chi connectivity index (χ2n) is 8.37. The Kier molecular flexibility index (Phi) is 5.95. The predicted molar refractivity (Wildman–Crippen MR) is 133 cm³/mol. The van der Waals surface area contributed by atoms with Crippen LogP contribution in [0.3, 0.4) is 0 Å². The molecule has 1 aromatic heterocycles. The van der Waals surface area contributed by atoms with E-state index in [9.17, 15) is 9.90 Å². The summed E-state index contributed by atoms with van der Waals surface area (Å²) >= 11 is 0. The van der Waals surface area contributed by atoms with E-state index in [0.717, 1.165) is 23.2 Å². The number of nitrogens with zero attached hydrogens (tertiary/aromatic N) is 2. The average molecular weight is 425 g/mol. The van der Waals surface area contributed by atoms with Crippen molar-refractivity contribution in [3.05, 3.63) is 99.3 Å². The van der Waals surface area contributed by atoms with E-state index in [1.54, 1.807) is 12.3 Å². The van der Waals surface area contributed by atoms with Gasteiger partial charge >= 0.3 is 0 Å². The summed E-state index contributed by atoms with van der Waals surface area (Å²) in [6.07, 6.45) is 2.73. The molecule has 1 N–H and O–H groups in total. The van der Waals surface area contributed by atoms with E-state index in [1.165, 1.54) is 10.1 Å². The predicted octanol–water partition coefficient (Wildman–Crippen LogP) is 6.58. The zero-order chi connectivity index (χ0) is 22.8. The SMILES string of the molecule is CCC(C)c1ccc(N=Cc2c(O)n(-c3ccc(C)cc3C)c(=O)c3ccccc23)cc1. The molecule has 0 saturated heterocycles. The van der Waals surface area contributed by atoms with Gasteiger partial charge in [0, 0.05) is 17.0 Å². The molecule has 0 radical (unpaired) electrons. The van der Waals surface area contributed by atoms with Crippen LogP contribution in [0.25, 0.3) is 16.5 Å². The lowest BCUT2D eigenvalue weighted by Crippen LogP contribution is -2.21. The fraction of sp³-hybridized carbons (Fsp3) is 0.214. The lowest BCUT2D eigenvalue weighted by Gasteiger charge is -2.16. The van der Waals surface area contributed by atoms with Crippen molar-refractivity contribution < 1.29 is 5.11 Å². The van der Waals surface area contributed by atoms with Crippen molar-refractivity contribution in [1.82, 2.24) is 4.57 Å². The maximum Gasteiger partial charge on any atom is 0.265 e. The first kappa shape index (κ1) is 21.6. The van der Waals surface area contributed by atoms with Crippen LogP contribution in [0.4, 0.5) is 5.69 Å². The van der Waals surface area contributed by atoms with Crippen LogP contribution in [0, 0.1) is 13.8 Å². The monoisotopic (exact) mass is 424 g/mol. The summed E-state index contributed by atoms with van der Waals surface area (Å²) in [4.78, 5) is 17.9. The highest BCUT2D eigenvalue weighted by atomic mass is 16.3. The number of fused-ring (bicyclic) bond motifs is 1. The molecule has 0 aliphatic heterocycles. The van der Waals surface area contributed by atoms with Gasteiger partial charge in [-0.3, -0.25) is 9.79 Å². The van der Waals surface area contributed by atoms with Crippen LogP contribution >= 0.6 is 0 Å². The number of rotatable bonds is 5. The molecule has 4 rings (SSSR count). The van der Waals surface area contributed by atoms with E-state index in [4.69, 9.17) is 0 Å². The van der Waals surface area contributed by atoms with Crippen LogP contribution in [0.15, 0.2) is 76.5 Å². The summed E-state index contributed by atoms with van der Waals surface area (Å²) < 4.78 is 1.38. The Balaban J connectivity index is 1.87. The van der Waals surface area contributed by atoms with Gasteiger partial charge in [0.15, 0.2) is 0 Å². The molecule has 3 aromatic carbocycles. The number of aryl methyl sites for hydroxylation is 2. The minimum Gasteiger partial charge on any atom is -0.494 e. The molecule has 1 heterocycles. The number of benzene rings is 3. The van der Waals surface area contributed by atoms with Gasteiger partial charge in [0.2, 0.25) is 5.88 Å². The third kappa shape index (κ3) is 3.96. The van der Waals surface area contributed by atoms with Gasteiger partial charge in [0.25, 0.3) is 5.56 Å². The van der Waals surface area contributed by atoms with Crippen LogP contribution in [0.2, 0.25) is 0 Å². The number of aromatic hydroxyl groups is 1. The molecule has 0 spiro atoms. The highest BCUT2D eigenvalue weighted by Crippen LogP contribution is 2.28. The summed E-state index contributed by atoms with van der Waals surface area (Å²) in [5.41, 5.74) is 5.03. The molecule has 0 fully saturated rings. The number of hydrogen-bond acceptors (Lipinski definition) is 3. The first-order chi connectivity index (χ1) is 15.4. The molecular weight excluding hydrogens is 396 g/mol. The van der Waals surface area contributed by atoms with Crippen molar-refractivity contribution in [3.8, 4) is 11.6 Å². The normalized spacial score (nSPS) is 12.5. The van der Waals surface area contributed by atoms with Gasteiger partial charge in [-0.05, 0) is 61.6 Å². The van der Waals surface area contributed by atoms with Gasteiger partial charge in [-0.15, -0.1) is 0 Å². The van der Waals surface area contributed by atoms with Crippen molar-refractivity contribution in [3.63, 3.8) is 0 Å². The number of hydrogen-bond donors (Lipinski definition) is 1. The molecule has 4 nitrogen and oxygen atoms in total. The molecule has 32 heavy (non-hydrogen) atoms. The van der Waals surface area contributed by atoms with E-state index < -0.39 is 0 Å². The third-order valence-electron chi connectivity index (χ3n) is 6.11. The molecule has 0 amide bonds. The van der Waals surface area contributed by atoms with Crippen molar-refractivity contribution in [2.75, 3.05) is 0 Å². The summed E-state index contributed by atoms with van der Waals surface area (Å²) in [6, 6.07) is 21.3. The van der Waals surface area contributed by atoms with Crippen molar-refractivity contribution in [1.29, 1.82) is 0 Å². The second-order valence-corrected chi connectivity index (χ2v) is 8.37. The summed E-state index contributed by atoms with van der Waals surface area (Å²) in [5.74, 6) is 0.392. The first-order valence-electron chi connectivity index (χ1n) is 11.0. The van der Waals surface area contributed by atoms with Crippen LogP contribution in [-0.4, -0.2) is 15.9 Å². The van der Waals surface area contributed by atoms with E-state index in [-0.39, 0.29) is 11.4 Å².